The summed E-state index contributed by atoms with van der Waals surface area (Å²) in [5.74, 6) is 2.00. The third-order valence-electron chi connectivity index (χ3n) is 4.23. The first-order chi connectivity index (χ1) is 10.6. The molecular weight excluding hydrogens is 276 g/mol. The molecule has 1 saturated heterocycles. The summed E-state index contributed by atoms with van der Waals surface area (Å²) in [7, 11) is 4.02. The van der Waals surface area contributed by atoms with Gasteiger partial charge in [-0.25, -0.2) is 9.97 Å². The zero-order valence-corrected chi connectivity index (χ0v) is 13.7. The molecule has 0 atom stereocenters. The summed E-state index contributed by atoms with van der Waals surface area (Å²) in [6.45, 7) is 5.04. The molecule has 1 aliphatic rings. The van der Waals surface area contributed by atoms with Gasteiger partial charge in [0.1, 0.15) is 18.0 Å². The van der Waals surface area contributed by atoms with Gasteiger partial charge in [-0.1, -0.05) is 0 Å². The second kappa shape index (κ2) is 6.34. The molecule has 118 valence electrons. The highest BCUT2D eigenvalue weighted by Gasteiger charge is 2.14. The molecule has 22 heavy (non-hydrogen) atoms. The topological polar surface area (TPSA) is 50.1 Å². The van der Waals surface area contributed by atoms with E-state index in [0.717, 1.165) is 37.0 Å². The highest BCUT2D eigenvalue weighted by Crippen LogP contribution is 2.21. The fourth-order valence-corrected chi connectivity index (χ4v) is 2.98. The molecule has 0 spiro atoms. The summed E-state index contributed by atoms with van der Waals surface area (Å²) >= 11 is 0. The van der Waals surface area contributed by atoms with Crippen LogP contribution in [0.25, 0.3) is 0 Å². The Morgan fingerprint density at radius 1 is 1.18 bits per heavy atom. The number of piperidine rings is 1. The maximum atomic E-state index is 4.45. The molecule has 0 N–H and O–H groups in total. The Labute approximate surface area is 131 Å². The van der Waals surface area contributed by atoms with Crippen molar-refractivity contribution in [3.05, 3.63) is 29.8 Å². The van der Waals surface area contributed by atoms with Gasteiger partial charge in [-0.15, -0.1) is 0 Å². The smallest absolute Gasteiger partial charge is 0.134 e. The van der Waals surface area contributed by atoms with Crippen LogP contribution in [0.5, 0.6) is 0 Å². The van der Waals surface area contributed by atoms with E-state index in [2.05, 4.69) is 44.2 Å². The van der Waals surface area contributed by atoms with Crippen molar-refractivity contribution >= 4 is 11.6 Å². The van der Waals surface area contributed by atoms with Crippen molar-refractivity contribution in [1.29, 1.82) is 0 Å². The van der Waals surface area contributed by atoms with Crippen molar-refractivity contribution in [1.82, 2.24) is 19.7 Å². The minimum atomic E-state index is 0.802. The molecular formula is C16H24N6. The first kappa shape index (κ1) is 14.8. The fraction of sp³-hybridized carbons (Fsp3) is 0.562. The van der Waals surface area contributed by atoms with Crippen molar-refractivity contribution in [2.45, 2.75) is 32.7 Å². The van der Waals surface area contributed by atoms with Crippen molar-refractivity contribution in [2.24, 2.45) is 7.05 Å². The molecule has 1 fully saturated rings. The van der Waals surface area contributed by atoms with E-state index >= 15 is 0 Å². The van der Waals surface area contributed by atoms with Crippen LogP contribution in [-0.4, -0.2) is 39.9 Å². The molecule has 3 heterocycles. The molecule has 2 aromatic heterocycles. The molecule has 0 saturated carbocycles. The largest absolute Gasteiger partial charge is 0.356 e. The number of rotatable bonds is 4. The maximum absolute atomic E-state index is 4.45. The first-order valence-electron chi connectivity index (χ1n) is 7.91. The second-order valence-corrected chi connectivity index (χ2v) is 6.05. The van der Waals surface area contributed by atoms with Gasteiger partial charge in [-0.2, -0.15) is 5.10 Å². The van der Waals surface area contributed by atoms with Crippen molar-refractivity contribution in [2.75, 3.05) is 29.9 Å². The molecule has 1 aliphatic heterocycles. The van der Waals surface area contributed by atoms with Crippen LogP contribution in [-0.2, 0) is 13.6 Å². The van der Waals surface area contributed by atoms with Gasteiger partial charge in [0.25, 0.3) is 0 Å². The minimum absolute atomic E-state index is 0.802. The number of nitrogens with zero attached hydrogens (tertiary/aromatic N) is 6. The fourth-order valence-electron chi connectivity index (χ4n) is 2.98. The lowest BCUT2D eigenvalue weighted by Gasteiger charge is -2.28. The third kappa shape index (κ3) is 3.21. The van der Waals surface area contributed by atoms with Crippen LogP contribution in [0.15, 0.2) is 18.6 Å². The lowest BCUT2D eigenvalue weighted by molar-refractivity contribution is 0.573. The Morgan fingerprint density at radius 2 is 1.95 bits per heavy atom. The Hall–Kier alpha value is -2.11. The zero-order chi connectivity index (χ0) is 15.5. The molecule has 0 radical (unpaired) electrons. The van der Waals surface area contributed by atoms with E-state index in [4.69, 9.17) is 0 Å². The predicted molar refractivity (Wildman–Crippen MR) is 88.1 cm³/mol. The Balaban J connectivity index is 1.74. The highest BCUT2D eigenvalue weighted by molar-refractivity contribution is 5.50. The average molecular weight is 300 g/mol. The average Bonchev–Trinajstić information content (AvgIpc) is 2.86. The molecule has 0 aliphatic carbocycles. The van der Waals surface area contributed by atoms with Gasteiger partial charge in [-0.3, -0.25) is 4.68 Å². The Morgan fingerprint density at radius 3 is 2.64 bits per heavy atom. The number of hydrogen-bond donors (Lipinski definition) is 0. The van der Waals surface area contributed by atoms with Crippen LogP contribution in [0.3, 0.4) is 0 Å². The number of hydrogen-bond acceptors (Lipinski definition) is 5. The monoisotopic (exact) mass is 300 g/mol. The first-order valence-corrected chi connectivity index (χ1v) is 7.91. The molecule has 0 aromatic carbocycles. The molecule has 3 rings (SSSR count). The SMILES string of the molecule is Cc1nn(C)cc1CN(C)c1cc(N2CCCCC2)ncn1. The molecule has 6 nitrogen and oxygen atoms in total. The minimum Gasteiger partial charge on any atom is -0.356 e. The van der Waals surface area contributed by atoms with E-state index in [-0.39, 0.29) is 0 Å². The number of aromatic nitrogens is 4. The van der Waals surface area contributed by atoms with Crippen molar-refractivity contribution < 1.29 is 0 Å². The van der Waals surface area contributed by atoms with Gasteiger partial charge >= 0.3 is 0 Å². The van der Waals surface area contributed by atoms with E-state index in [9.17, 15) is 0 Å². The van der Waals surface area contributed by atoms with Gasteiger partial charge in [0.15, 0.2) is 0 Å². The lowest BCUT2D eigenvalue weighted by atomic mass is 10.1. The van der Waals surface area contributed by atoms with Crippen LogP contribution in [0.1, 0.15) is 30.5 Å². The molecule has 0 bridgehead atoms. The number of aryl methyl sites for hydroxylation is 2. The van der Waals surface area contributed by atoms with Crippen molar-refractivity contribution in [3.8, 4) is 0 Å². The van der Waals surface area contributed by atoms with E-state index in [0.29, 0.717) is 0 Å². The Bertz CT molecular complexity index is 629. The van der Waals surface area contributed by atoms with Crippen LogP contribution >= 0.6 is 0 Å². The van der Waals surface area contributed by atoms with Gasteiger partial charge in [0, 0.05) is 51.6 Å². The quantitative estimate of drug-likeness (QED) is 0.866. The van der Waals surface area contributed by atoms with Crippen molar-refractivity contribution in [3.63, 3.8) is 0 Å². The van der Waals surface area contributed by atoms with Gasteiger partial charge in [-0.05, 0) is 26.2 Å². The van der Waals surface area contributed by atoms with E-state index in [1.807, 2.05) is 18.7 Å². The lowest BCUT2D eigenvalue weighted by Crippen LogP contribution is -2.30. The van der Waals surface area contributed by atoms with Crippen LogP contribution in [0.4, 0.5) is 11.6 Å². The summed E-state index contributed by atoms with van der Waals surface area (Å²) in [4.78, 5) is 13.4. The standard InChI is InChI=1S/C16H24N6/c1-13-14(11-21(3)19-13)10-20(2)15-9-16(18-12-17-15)22-7-5-4-6-8-22/h9,11-12H,4-8,10H2,1-3H3. The van der Waals surface area contributed by atoms with Gasteiger partial charge in [0.05, 0.1) is 5.69 Å². The normalized spacial score (nSPS) is 15.1. The number of anilines is 2. The summed E-state index contributed by atoms with van der Waals surface area (Å²) < 4.78 is 1.86. The summed E-state index contributed by atoms with van der Waals surface area (Å²) in [5.41, 5.74) is 2.29. The summed E-state index contributed by atoms with van der Waals surface area (Å²) in [5, 5.41) is 4.40. The molecule has 0 amide bonds. The van der Waals surface area contributed by atoms with E-state index < -0.39 is 0 Å². The Kier molecular flexibility index (Phi) is 4.27. The van der Waals surface area contributed by atoms with E-state index in [1.165, 1.54) is 24.8 Å². The molecule has 0 unspecified atom stereocenters. The van der Waals surface area contributed by atoms with E-state index in [1.54, 1.807) is 6.33 Å². The maximum Gasteiger partial charge on any atom is 0.134 e. The second-order valence-electron chi connectivity index (χ2n) is 6.05. The third-order valence-corrected chi connectivity index (χ3v) is 4.23. The summed E-state index contributed by atoms with van der Waals surface area (Å²) in [6, 6.07) is 2.09. The summed E-state index contributed by atoms with van der Waals surface area (Å²) in [6.07, 6.45) is 7.58. The predicted octanol–water partition coefficient (Wildman–Crippen LogP) is 2.15. The van der Waals surface area contributed by atoms with Gasteiger partial charge < -0.3 is 9.80 Å². The molecule has 2 aromatic rings. The van der Waals surface area contributed by atoms with Crippen LogP contribution < -0.4 is 9.80 Å². The highest BCUT2D eigenvalue weighted by atomic mass is 15.3. The van der Waals surface area contributed by atoms with Crippen LogP contribution in [0.2, 0.25) is 0 Å². The zero-order valence-electron chi connectivity index (χ0n) is 13.7. The van der Waals surface area contributed by atoms with Gasteiger partial charge in [0.2, 0.25) is 0 Å². The molecule has 6 heteroatoms. The van der Waals surface area contributed by atoms with Crippen LogP contribution in [0, 0.1) is 6.92 Å².